The van der Waals surface area contributed by atoms with E-state index in [2.05, 4.69) is 0 Å². The van der Waals surface area contributed by atoms with Crippen molar-refractivity contribution in [1.82, 2.24) is 4.90 Å². The fraction of sp³-hybridized carbons (Fsp3) is 0.688. The number of fused-ring (bicyclic) bond motifs is 1. The van der Waals surface area contributed by atoms with E-state index in [-0.39, 0.29) is 30.5 Å². The Bertz CT molecular complexity index is 580. The molecule has 2 rings (SSSR count). The van der Waals surface area contributed by atoms with Crippen molar-refractivity contribution < 1.29 is 28.6 Å². The number of rotatable bonds is 5. The molecule has 0 aliphatic carbocycles. The van der Waals surface area contributed by atoms with Crippen LogP contribution in [0.3, 0.4) is 0 Å². The van der Waals surface area contributed by atoms with Gasteiger partial charge in [0.2, 0.25) is 0 Å². The maximum Gasteiger partial charge on any atom is 0.311 e. The molecule has 0 N–H and O–H groups in total. The third-order valence-electron chi connectivity index (χ3n) is 3.78. The number of nitrogens with zero attached hydrogens (tertiary/aromatic N) is 1. The molecule has 24 heavy (non-hydrogen) atoms. The minimum Gasteiger partial charge on any atom is -0.461 e. The number of thioether (sulfide) groups is 1. The van der Waals surface area contributed by atoms with Crippen LogP contribution in [0.2, 0.25) is 0 Å². The summed E-state index contributed by atoms with van der Waals surface area (Å²) >= 11 is 1.54. The van der Waals surface area contributed by atoms with E-state index < -0.39 is 17.5 Å². The average molecular weight is 357 g/mol. The molecule has 2 atom stereocenters. The molecule has 2 aliphatic rings. The molecular formula is C16H23NO6S. The number of carbonyl (C=O) groups excluding carboxylic acids is 3. The van der Waals surface area contributed by atoms with Crippen molar-refractivity contribution in [2.24, 2.45) is 5.41 Å². The lowest BCUT2D eigenvalue weighted by molar-refractivity contribution is -0.162. The molecule has 0 aromatic carbocycles. The molecule has 134 valence electrons. The third kappa shape index (κ3) is 3.75. The van der Waals surface area contributed by atoms with Gasteiger partial charge < -0.3 is 14.2 Å². The van der Waals surface area contributed by atoms with E-state index in [9.17, 15) is 14.4 Å². The van der Waals surface area contributed by atoms with Gasteiger partial charge in [-0.05, 0) is 20.8 Å². The molecule has 2 aliphatic heterocycles. The first-order chi connectivity index (χ1) is 11.2. The van der Waals surface area contributed by atoms with E-state index in [1.54, 1.807) is 37.4 Å². The first-order valence-electron chi connectivity index (χ1n) is 7.65. The minimum atomic E-state index is -0.632. The molecular weight excluding hydrogens is 334 g/mol. The second-order valence-electron chi connectivity index (χ2n) is 6.72. The smallest absolute Gasteiger partial charge is 0.311 e. The van der Waals surface area contributed by atoms with E-state index in [1.807, 2.05) is 0 Å². The Labute approximate surface area is 145 Å². The lowest BCUT2D eigenvalue weighted by Gasteiger charge is -2.49. The molecule has 1 saturated heterocycles. The first kappa shape index (κ1) is 18.8. The van der Waals surface area contributed by atoms with E-state index in [4.69, 9.17) is 14.2 Å². The van der Waals surface area contributed by atoms with Crippen LogP contribution in [0.4, 0.5) is 0 Å². The van der Waals surface area contributed by atoms with Crippen molar-refractivity contribution in [1.29, 1.82) is 0 Å². The van der Waals surface area contributed by atoms with Crippen molar-refractivity contribution in [3.63, 3.8) is 0 Å². The van der Waals surface area contributed by atoms with Crippen LogP contribution >= 0.6 is 11.8 Å². The van der Waals surface area contributed by atoms with Gasteiger partial charge in [-0.25, -0.2) is 0 Å². The number of hydrogen-bond acceptors (Lipinski definition) is 7. The lowest BCUT2D eigenvalue weighted by Crippen LogP contribution is -2.65. The Morgan fingerprint density at radius 1 is 1.25 bits per heavy atom. The molecule has 0 aromatic rings. The third-order valence-corrected chi connectivity index (χ3v) is 5.09. The molecule has 1 amide bonds. The highest BCUT2D eigenvalue weighted by Gasteiger charge is 2.52. The normalized spacial score (nSPS) is 23.5. The van der Waals surface area contributed by atoms with E-state index >= 15 is 0 Å². The van der Waals surface area contributed by atoms with Crippen LogP contribution in [-0.4, -0.2) is 60.3 Å². The van der Waals surface area contributed by atoms with Crippen LogP contribution in [0.15, 0.2) is 11.3 Å². The molecule has 0 spiro atoms. The highest BCUT2D eigenvalue weighted by Crippen LogP contribution is 2.41. The average Bonchev–Trinajstić information content (AvgIpc) is 2.49. The monoisotopic (exact) mass is 357 g/mol. The zero-order valence-corrected chi connectivity index (χ0v) is 15.4. The van der Waals surface area contributed by atoms with Gasteiger partial charge >= 0.3 is 11.9 Å². The van der Waals surface area contributed by atoms with Crippen LogP contribution < -0.4 is 0 Å². The zero-order chi connectivity index (χ0) is 18.1. The molecule has 0 saturated carbocycles. The second kappa shape index (κ2) is 7.14. The van der Waals surface area contributed by atoms with Crippen molar-refractivity contribution in [3.8, 4) is 0 Å². The molecule has 0 radical (unpaired) electrons. The fourth-order valence-electron chi connectivity index (χ4n) is 2.38. The Morgan fingerprint density at radius 3 is 2.46 bits per heavy atom. The summed E-state index contributed by atoms with van der Waals surface area (Å²) in [4.78, 5) is 36.9. The number of amides is 1. The number of hydrogen-bond donors (Lipinski definition) is 0. The number of β-lactam (4-membered cyclic amide) rings is 1. The Morgan fingerprint density at radius 2 is 1.92 bits per heavy atom. The fourth-order valence-corrected chi connectivity index (χ4v) is 3.78. The summed E-state index contributed by atoms with van der Waals surface area (Å²) in [5.74, 6) is -0.334. The van der Waals surface area contributed by atoms with Crippen LogP contribution in [0.1, 0.15) is 27.7 Å². The van der Waals surface area contributed by atoms with Gasteiger partial charge in [-0.3, -0.25) is 19.3 Å². The Hall–Kier alpha value is -1.54. The van der Waals surface area contributed by atoms with Gasteiger partial charge in [-0.1, -0.05) is 0 Å². The molecule has 0 bridgehead atoms. The lowest BCUT2D eigenvalue weighted by atomic mass is 9.97. The summed E-state index contributed by atoms with van der Waals surface area (Å²) < 4.78 is 15.6. The number of carbonyl (C=O) groups is 3. The SMILES string of the molecule is CO[C@H]1C(=O)N2C(COC(=O)C(C)(C)C)=C(COC(C)=O)CS[C@H]12. The molecule has 0 aromatic heterocycles. The van der Waals surface area contributed by atoms with Crippen LogP contribution in [0, 0.1) is 5.41 Å². The molecule has 7 nitrogen and oxygen atoms in total. The highest BCUT2D eigenvalue weighted by atomic mass is 32.2. The number of esters is 2. The summed E-state index contributed by atoms with van der Waals surface area (Å²) in [6, 6.07) is 0. The van der Waals surface area contributed by atoms with E-state index in [0.29, 0.717) is 11.4 Å². The van der Waals surface area contributed by atoms with Crippen molar-refractivity contribution in [2.45, 2.75) is 39.2 Å². The number of methoxy groups -OCH3 is 1. The maximum atomic E-state index is 12.3. The molecule has 2 heterocycles. The molecule has 1 fully saturated rings. The Balaban J connectivity index is 2.18. The number of ether oxygens (including phenoxy) is 3. The van der Waals surface area contributed by atoms with Crippen molar-refractivity contribution >= 4 is 29.6 Å². The summed E-state index contributed by atoms with van der Waals surface area (Å²) in [5, 5.41) is -0.132. The largest absolute Gasteiger partial charge is 0.461 e. The first-order valence-corrected chi connectivity index (χ1v) is 8.70. The Kier molecular flexibility index (Phi) is 5.59. The standard InChI is InChI=1S/C16H23NO6S/c1-9(18)22-6-10-8-24-14-12(21-5)13(19)17(14)11(10)7-23-15(20)16(2,3)4/h12,14H,6-8H2,1-5H3/t12-,14+/m0/s1. The van der Waals surface area contributed by atoms with Gasteiger partial charge in [-0.15, -0.1) is 11.8 Å². The van der Waals surface area contributed by atoms with Gasteiger partial charge in [-0.2, -0.15) is 0 Å². The van der Waals surface area contributed by atoms with Gasteiger partial charge in [0.15, 0.2) is 6.10 Å². The van der Waals surface area contributed by atoms with Crippen LogP contribution in [-0.2, 0) is 28.6 Å². The highest BCUT2D eigenvalue weighted by molar-refractivity contribution is 8.00. The molecule has 8 heteroatoms. The maximum absolute atomic E-state index is 12.3. The van der Waals surface area contributed by atoms with Crippen LogP contribution in [0.5, 0.6) is 0 Å². The van der Waals surface area contributed by atoms with Crippen molar-refractivity contribution in [2.75, 3.05) is 26.1 Å². The van der Waals surface area contributed by atoms with Crippen LogP contribution in [0.25, 0.3) is 0 Å². The minimum absolute atomic E-state index is 0.0219. The van der Waals surface area contributed by atoms with Gasteiger partial charge in [0, 0.05) is 25.4 Å². The quantitative estimate of drug-likeness (QED) is 0.542. The topological polar surface area (TPSA) is 82.1 Å². The van der Waals surface area contributed by atoms with Gasteiger partial charge in [0.25, 0.3) is 5.91 Å². The predicted octanol–water partition coefficient (Wildman–Crippen LogP) is 1.32. The summed E-state index contributed by atoms with van der Waals surface area (Å²) in [6.07, 6.45) is -0.487. The summed E-state index contributed by atoms with van der Waals surface area (Å²) in [5.41, 5.74) is 0.736. The van der Waals surface area contributed by atoms with E-state index in [0.717, 1.165) is 5.57 Å². The second-order valence-corrected chi connectivity index (χ2v) is 7.83. The van der Waals surface area contributed by atoms with Gasteiger partial charge in [0.05, 0.1) is 11.1 Å². The summed E-state index contributed by atoms with van der Waals surface area (Å²) in [7, 11) is 1.50. The van der Waals surface area contributed by atoms with E-state index in [1.165, 1.54) is 14.0 Å². The van der Waals surface area contributed by atoms with Crippen molar-refractivity contribution in [3.05, 3.63) is 11.3 Å². The van der Waals surface area contributed by atoms with Gasteiger partial charge in [0.1, 0.15) is 18.6 Å². The predicted molar refractivity (Wildman–Crippen MR) is 88.0 cm³/mol. The molecule has 0 unspecified atom stereocenters. The zero-order valence-electron chi connectivity index (χ0n) is 14.6. The summed E-state index contributed by atoms with van der Waals surface area (Å²) in [6.45, 7) is 6.68.